The van der Waals surface area contributed by atoms with Gasteiger partial charge in [-0.05, 0) is 43.3 Å². The van der Waals surface area contributed by atoms with E-state index in [0.717, 1.165) is 34.3 Å². The second-order valence-electron chi connectivity index (χ2n) is 7.55. The number of anilines is 1. The molecular weight excluding hydrogens is 453 g/mol. The molecule has 6 nitrogen and oxygen atoms in total. The monoisotopic (exact) mass is 476 g/mol. The topological polar surface area (TPSA) is 58.6 Å². The first kappa shape index (κ1) is 23.0. The molecule has 3 heterocycles. The van der Waals surface area contributed by atoms with Gasteiger partial charge in [0.15, 0.2) is 0 Å². The molecule has 1 aliphatic heterocycles. The van der Waals surface area contributed by atoms with E-state index in [-0.39, 0.29) is 12.3 Å². The molecule has 1 amide bonds. The van der Waals surface area contributed by atoms with Gasteiger partial charge in [0, 0.05) is 43.3 Å². The Morgan fingerprint density at radius 1 is 1.09 bits per heavy atom. The summed E-state index contributed by atoms with van der Waals surface area (Å²) >= 11 is 1.49. The molecule has 0 N–H and O–H groups in total. The largest absolute Gasteiger partial charge is 0.494 e. The number of hydrogen-bond donors (Lipinski definition) is 0. The Balaban J connectivity index is 1.30. The maximum Gasteiger partial charge on any atom is 0.417 e. The smallest absolute Gasteiger partial charge is 0.417 e. The highest BCUT2D eigenvalue weighted by Crippen LogP contribution is 2.30. The number of carbonyl (C=O) groups is 1. The lowest BCUT2D eigenvalue weighted by molar-refractivity contribution is -0.137. The van der Waals surface area contributed by atoms with Crippen molar-refractivity contribution in [2.45, 2.75) is 19.5 Å². The van der Waals surface area contributed by atoms with Crippen LogP contribution in [-0.2, 0) is 17.4 Å². The zero-order chi connectivity index (χ0) is 23.4. The molecule has 1 saturated heterocycles. The minimum atomic E-state index is -4.40. The molecule has 0 unspecified atom stereocenters. The number of piperazine rings is 1. The number of benzene rings is 1. The Bertz CT molecular complexity index is 1080. The molecule has 0 spiro atoms. The van der Waals surface area contributed by atoms with Gasteiger partial charge < -0.3 is 14.5 Å². The number of ether oxygens (including phenoxy) is 1. The van der Waals surface area contributed by atoms with Gasteiger partial charge in [0.2, 0.25) is 5.91 Å². The third-order valence-corrected chi connectivity index (χ3v) is 6.27. The van der Waals surface area contributed by atoms with Crippen LogP contribution in [0.4, 0.5) is 19.0 Å². The maximum atomic E-state index is 12.7. The van der Waals surface area contributed by atoms with Crippen LogP contribution < -0.4 is 9.64 Å². The molecule has 1 aliphatic rings. The van der Waals surface area contributed by atoms with Crippen molar-refractivity contribution >= 4 is 23.1 Å². The number of thiazole rings is 1. The van der Waals surface area contributed by atoms with Gasteiger partial charge in [0.05, 0.1) is 24.3 Å². The summed E-state index contributed by atoms with van der Waals surface area (Å²) in [5.74, 6) is 1.27. The quantitative estimate of drug-likeness (QED) is 0.524. The molecule has 4 rings (SSSR count). The van der Waals surface area contributed by atoms with E-state index >= 15 is 0 Å². The van der Waals surface area contributed by atoms with Crippen molar-refractivity contribution in [1.29, 1.82) is 0 Å². The molecule has 0 saturated carbocycles. The second kappa shape index (κ2) is 9.78. The number of carbonyl (C=O) groups excluding carboxylic acids is 1. The molecule has 0 atom stereocenters. The minimum absolute atomic E-state index is 0.0152. The fraction of sp³-hybridized carbons (Fsp3) is 0.348. The number of halogens is 3. The van der Waals surface area contributed by atoms with E-state index in [0.29, 0.717) is 38.6 Å². The zero-order valence-corrected chi connectivity index (χ0v) is 18.8. The van der Waals surface area contributed by atoms with Crippen LogP contribution in [0.25, 0.3) is 10.6 Å². The predicted molar refractivity (Wildman–Crippen MR) is 120 cm³/mol. The number of rotatable bonds is 6. The highest BCUT2D eigenvalue weighted by molar-refractivity contribution is 7.13. The van der Waals surface area contributed by atoms with Gasteiger partial charge in [-0.2, -0.15) is 13.2 Å². The Labute approximate surface area is 193 Å². The number of hydrogen-bond acceptors (Lipinski definition) is 6. The molecule has 1 aromatic carbocycles. The Morgan fingerprint density at radius 3 is 2.42 bits per heavy atom. The SMILES string of the molecule is CCOc1ccc(-c2nc(CC(=O)N3CCN(c4ccc(C(F)(F)F)cn4)CC3)cs2)cc1. The summed E-state index contributed by atoms with van der Waals surface area (Å²) in [6, 6.07) is 10.1. The van der Waals surface area contributed by atoms with Crippen molar-refractivity contribution in [3.63, 3.8) is 0 Å². The molecule has 0 aliphatic carbocycles. The lowest BCUT2D eigenvalue weighted by Gasteiger charge is -2.35. The Morgan fingerprint density at radius 2 is 1.82 bits per heavy atom. The summed E-state index contributed by atoms with van der Waals surface area (Å²) in [6.07, 6.45) is -3.35. The average Bonchev–Trinajstić information content (AvgIpc) is 3.28. The van der Waals surface area contributed by atoms with Crippen molar-refractivity contribution in [2.75, 3.05) is 37.7 Å². The van der Waals surface area contributed by atoms with Gasteiger partial charge in [-0.3, -0.25) is 4.79 Å². The highest BCUT2D eigenvalue weighted by atomic mass is 32.1. The Hall–Kier alpha value is -3.14. The lowest BCUT2D eigenvalue weighted by atomic mass is 10.2. The molecule has 2 aromatic heterocycles. The second-order valence-corrected chi connectivity index (χ2v) is 8.41. The van der Waals surface area contributed by atoms with Crippen LogP contribution in [0.15, 0.2) is 48.0 Å². The normalized spacial score (nSPS) is 14.4. The standard InChI is InChI=1S/C23H23F3N4O2S/c1-2-32-19-6-3-16(4-7-19)22-28-18(15-33-22)13-21(31)30-11-9-29(10-12-30)20-8-5-17(14-27-20)23(24,25)26/h3-8,14-15H,2,9-13H2,1H3. The molecule has 174 valence electrons. The molecular formula is C23H23F3N4O2S. The predicted octanol–water partition coefficient (Wildman–Crippen LogP) is 4.51. The van der Waals surface area contributed by atoms with Crippen molar-refractivity contribution < 1.29 is 22.7 Å². The summed E-state index contributed by atoms with van der Waals surface area (Å²) < 4.78 is 43.6. The zero-order valence-electron chi connectivity index (χ0n) is 18.0. The van der Waals surface area contributed by atoms with Gasteiger partial charge in [0.25, 0.3) is 0 Å². The molecule has 0 radical (unpaired) electrons. The van der Waals surface area contributed by atoms with Gasteiger partial charge in [-0.25, -0.2) is 9.97 Å². The Kier molecular flexibility index (Phi) is 6.83. The van der Waals surface area contributed by atoms with E-state index in [1.54, 1.807) is 4.90 Å². The van der Waals surface area contributed by atoms with Gasteiger partial charge in [-0.15, -0.1) is 11.3 Å². The summed E-state index contributed by atoms with van der Waals surface area (Å²) in [5.41, 5.74) is 0.925. The summed E-state index contributed by atoms with van der Waals surface area (Å²) in [7, 11) is 0. The molecule has 0 bridgehead atoms. The van der Waals surface area contributed by atoms with Crippen molar-refractivity contribution in [3.8, 4) is 16.3 Å². The van der Waals surface area contributed by atoms with Crippen LogP contribution in [0.3, 0.4) is 0 Å². The lowest BCUT2D eigenvalue weighted by Crippen LogP contribution is -2.49. The first-order chi connectivity index (χ1) is 15.8. The molecule has 33 heavy (non-hydrogen) atoms. The van der Waals surface area contributed by atoms with Crippen LogP contribution in [-0.4, -0.2) is 53.6 Å². The molecule has 3 aromatic rings. The summed E-state index contributed by atoms with van der Waals surface area (Å²) in [5, 5.41) is 2.74. The van der Waals surface area contributed by atoms with E-state index in [1.165, 1.54) is 17.4 Å². The summed E-state index contributed by atoms with van der Waals surface area (Å²) in [6.45, 7) is 4.54. The van der Waals surface area contributed by atoms with E-state index in [2.05, 4.69) is 9.97 Å². The highest BCUT2D eigenvalue weighted by Gasteiger charge is 2.31. The number of pyridine rings is 1. The molecule has 10 heteroatoms. The van der Waals surface area contributed by atoms with E-state index in [4.69, 9.17) is 4.74 Å². The van der Waals surface area contributed by atoms with Gasteiger partial charge >= 0.3 is 6.18 Å². The average molecular weight is 477 g/mol. The minimum Gasteiger partial charge on any atom is -0.494 e. The first-order valence-corrected chi connectivity index (χ1v) is 11.4. The van der Waals surface area contributed by atoms with Gasteiger partial charge in [0.1, 0.15) is 16.6 Å². The number of nitrogens with zero attached hydrogens (tertiary/aromatic N) is 4. The van der Waals surface area contributed by atoms with E-state index in [1.807, 2.05) is 41.5 Å². The number of alkyl halides is 3. The van der Waals surface area contributed by atoms with Crippen LogP contribution in [0.2, 0.25) is 0 Å². The maximum absolute atomic E-state index is 12.7. The van der Waals surface area contributed by atoms with E-state index < -0.39 is 11.7 Å². The fourth-order valence-corrected chi connectivity index (χ4v) is 4.40. The van der Waals surface area contributed by atoms with E-state index in [9.17, 15) is 18.0 Å². The summed E-state index contributed by atoms with van der Waals surface area (Å²) in [4.78, 5) is 24.9. The van der Waals surface area contributed by atoms with Crippen molar-refractivity contribution in [3.05, 3.63) is 59.2 Å². The molecule has 1 fully saturated rings. The van der Waals surface area contributed by atoms with Crippen LogP contribution in [0.1, 0.15) is 18.2 Å². The van der Waals surface area contributed by atoms with Crippen LogP contribution in [0.5, 0.6) is 5.75 Å². The first-order valence-electron chi connectivity index (χ1n) is 10.6. The van der Waals surface area contributed by atoms with Crippen molar-refractivity contribution in [2.24, 2.45) is 0 Å². The third-order valence-electron chi connectivity index (χ3n) is 5.33. The van der Waals surface area contributed by atoms with Gasteiger partial charge in [-0.1, -0.05) is 0 Å². The fourth-order valence-electron chi connectivity index (χ4n) is 3.57. The third kappa shape index (κ3) is 5.62. The van der Waals surface area contributed by atoms with Crippen molar-refractivity contribution in [1.82, 2.24) is 14.9 Å². The number of amides is 1. The van der Waals surface area contributed by atoms with Crippen LogP contribution in [0, 0.1) is 0 Å². The number of aromatic nitrogens is 2. The van der Waals surface area contributed by atoms with Crippen LogP contribution >= 0.6 is 11.3 Å².